The minimum atomic E-state index is -1.76. The number of hydrogen-bond acceptors (Lipinski definition) is 7. The minimum Gasteiger partial charge on any atom is -0.495 e. The standard InChI is InChI=1S/C29H32BrN3O4/c1-32-12-14-33(15-13-32)18-22-25(19-6-4-3-5-7-19)29(20-8-10-21(30)11-9-20)28(35,27(22)34)26-23(36-2)16-31-17-24(26)37-29/h3-11,16-17,22,25,27,34-35H,12-15,18H2,1-2H3/t22?,25?,27-,28+,29+/m1/s1. The predicted molar refractivity (Wildman–Crippen MR) is 144 cm³/mol. The van der Waals surface area contributed by atoms with Crippen molar-refractivity contribution in [2.45, 2.75) is 23.2 Å². The summed E-state index contributed by atoms with van der Waals surface area (Å²) < 4.78 is 13.5. The third kappa shape index (κ3) is 3.65. The average Bonchev–Trinajstić information content (AvgIpc) is 3.29. The smallest absolute Gasteiger partial charge is 0.177 e. The van der Waals surface area contributed by atoms with Crippen LogP contribution in [0.1, 0.15) is 22.6 Å². The number of benzene rings is 2. The summed E-state index contributed by atoms with van der Waals surface area (Å²) in [5, 5.41) is 25.1. The summed E-state index contributed by atoms with van der Waals surface area (Å²) in [5.41, 5.74) is -0.779. The number of ether oxygens (including phenoxy) is 2. The monoisotopic (exact) mass is 565 g/mol. The van der Waals surface area contributed by atoms with Crippen LogP contribution in [0, 0.1) is 5.92 Å². The molecule has 1 saturated carbocycles. The van der Waals surface area contributed by atoms with Crippen LogP contribution in [0.4, 0.5) is 0 Å². The molecule has 0 amide bonds. The van der Waals surface area contributed by atoms with Crippen LogP contribution in [0.15, 0.2) is 71.5 Å². The zero-order chi connectivity index (χ0) is 25.8. The van der Waals surface area contributed by atoms with E-state index in [1.54, 1.807) is 19.5 Å². The summed E-state index contributed by atoms with van der Waals surface area (Å²) in [6, 6.07) is 18.0. The Morgan fingerprint density at radius 2 is 1.76 bits per heavy atom. The fourth-order valence-corrected chi connectivity index (χ4v) is 7.03. The first-order valence-electron chi connectivity index (χ1n) is 12.7. The maximum atomic E-state index is 12.9. The first-order chi connectivity index (χ1) is 17.9. The van der Waals surface area contributed by atoms with Crippen LogP contribution in [0.25, 0.3) is 0 Å². The second kappa shape index (κ2) is 9.36. The summed E-state index contributed by atoms with van der Waals surface area (Å²) in [5.74, 6) is 0.199. The topological polar surface area (TPSA) is 78.3 Å². The van der Waals surface area contributed by atoms with Gasteiger partial charge in [-0.05, 0) is 30.3 Å². The molecule has 8 heteroatoms. The molecule has 1 aliphatic carbocycles. The van der Waals surface area contributed by atoms with Gasteiger partial charge in [-0.25, -0.2) is 0 Å². The highest BCUT2D eigenvalue weighted by Gasteiger charge is 2.76. The van der Waals surface area contributed by atoms with Crippen LogP contribution in [-0.4, -0.2) is 78.0 Å². The number of halogens is 1. The van der Waals surface area contributed by atoms with Crippen molar-refractivity contribution >= 4 is 15.9 Å². The number of methoxy groups -OCH3 is 1. The SMILES string of the molecule is COc1cncc2c1[C@]1(O)[C@H](O)C(CN3CCN(C)CC3)C(c3ccccc3)[C@]1(c1ccc(Br)cc1)O2. The molecule has 0 radical (unpaired) electrons. The molecule has 3 heterocycles. The number of likely N-dealkylation sites (N-methyl/N-ethyl adjacent to an activating group) is 1. The molecule has 6 rings (SSSR count). The molecule has 7 nitrogen and oxygen atoms in total. The van der Waals surface area contributed by atoms with E-state index < -0.39 is 17.3 Å². The lowest BCUT2D eigenvalue weighted by Gasteiger charge is -2.41. The highest BCUT2D eigenvalue weighted by Crippen LogP contribution is 2.69. The number of nitrogens with zero attached hydrogens (tertiary/aromatic N) is 3. The van der Waals surface area contributed by atoms with Crippen molar-refractivity contribution in [3.63, 3.8) is 0 Å². The summed E-state index contributed by atoms with van der Waals surface area (Å²) in [4.78, 5) is 9.02. The van der Waals surface area contributed by atoms with E-state index in [9.17, 15) is 10.2 Å². The van der Waals surface area contributed by atoms with Gasteiger partial charge in [0.05, 0.1) is 31.2 Å². The zero-order valence-electron chi connectivity index (χ0n) is 21.0. The van der Waals surface area contributed by atoms with Gasteiger partial charge in [-0.3, -0.25) is 4.98 Å². The van der Waals surface area contributed by atoms with E-state index in [1.807, 2.05) is 42.5 Å². The number of hydrogen-bond donors (Lipinski definition) is 2. The van der Waals surface area contributed by atoms with Gasteiger partial charge < -0.3 is 29.5 Å². The van der Waals surface area contributed by atoms with Crippen molar-refractivity contribution < 1.29 is 19.7 Å². The van der Waals surface area contributed by atoms with Gasteiger partial charge in [0.15, 0.2) is 11.2 Å². The van der Waals surface area contributed by atoms with Crippen molar-refractivity contribution in [2.24, 2.45) is 5.92 Å². The highest BCUT2D eigenvalue weighted by atomic mass is 79.9. The number of aliphatic hydroxyl groups excluding tert-OH is 1. The normalized spacial score (nSPS) is 31.5. The molecule has 3 aromatic rings. The molecule has 2 N–H and O–H groups in total. The van der Waals surface area contributed by atoms with Gasteiger partial charge in [-0.15, -0.1) is 0 Å². The summed E-state index contributed by atoms with van der Waals surface area (Å²) in [6.45, 7) is 4.41. The van der Waals surface area contributed by atoms with Gasteiger partial charge in [-0.1, -0.05) is 58.4 Å². The minimum absolute atomic E-state index is 0.300. The summed E-state index contributed by atoms with van der Waals surface area (Å²) in [7, 11) is 3.69. The van der Waals surface area contributed by atoms with E-state index in [4.69, 9.17) is 9.47 Å². The van der Waals surface area contributed by atoms with E-state index in [1.165, 1.54) is 0 Å². The van der Waals surface area contributed by atoms with Crippen LogP contribution < -0.4 is 9.47 Å². The van der Waals surface area contributed by atoms with Crippen molar-refractivity contribution in [2.75, 3.05) is 46.9 Å². The predicted octanol–water partition coefficient (Wildman–Crippen LogP) is 3.35. The molecule has 2 aliphatic heterocycles. The Kier molecular flexibility index (Phi) is 6.28. The second-order valence-electron chi connectivity index (χ2n) is 10.4. The molecule has 194 valence electrons. The Balaban J connectivity index is 1.58. The second-order valence-corrected chi connectivity index (χ2v) is 11.3. The highest BCUT2D eigenvalue weighted by molar-refractivity contribution is 9.10. The third-order valence-electron chi connectivity index (χ3n) is 8.51. The molecule has 1 aromatic heterocycles. The van der Waals surface area contributed by atoms with E-state index in [2.05, 4.69) is 49.9 Å². The number of pyridine rings is 1. The molecule has 1 saturated heterocycles. The lowest BCUT2D eigenvalue weighted by Crippen LogP contribution is -2.52. The Labute approximate surface area is 225 Å². The van der Waals surface area contributed by atoms with E-state index in [0.717, 1.165) is 41.8 Å². The Hall–Kier alpha value is -2.49. The molecule has 3 aliphatic rings. The first-order valence-corrected chi connectivity index (χ1v) is 13.5. The Morgan fingerprint density at radius 1 is 1.05 bits per heavy atom. The van der Waals surface area contributed by atoms with Crippen molar-refractivity contribution in [3.8, 4) is 11.5 Å². The molecule has 37 heavy (non-hydrogen) atoms. The molecule has 0 spiro atoms. The zero-order valence-corrected chi connectivity index (χ0v) is 22.6. The number of piperazine rings is 1. The average molecular weight is 566 g/mol. The third-order valence-corrected chi connectivity index (χ3v) is 9.04. The van der Waals surface area contributed by atoms with Gasteiger partial charge in [0, 0.05) is 49.0 Å². The summed E-state index contributed by atoms with van der Waals surface area (Å²) >= 11 is 3.55. The van der Waals surface area contributed by atoms with Crippen LogP contribution in [0.2, 0.25) is 0 Å². The quantitative estimate of drug-likeness (QED) is 0.491. The Morgan fingerprint density at radius 3 is 2.43 bits per heavy atom. The number of aliphatic hydroxyl groups is 2. The molecular formula is C29H32BrN3O4. The first kappa shape index (κ1) is 24.8. The van der Waals surface area contributed by atoms with Crippen LogP contribution in [-0.2, 0) is 11.2 Å². The number of aromatic nitrogens is 1. The van der Waals surface area contributed by atoms with Crippen LogP contribution >= 0.6 is 15.9 Å². The number of fused-ring (bicyclic) bond motifs is 3. The number of rotatable bonds is 5. The molecule has 2 unspecified atom stereocenters. The van der Waals surface area contributed by atoms with E-state index in [0.29, 0.717) is 23.6 Å². The van der Waals surface area contributed by atoms with Gasteiger partial charge in [-0.2, -0.15) is 0 Å². The largest absolute Gasteiger partial charge is 0.495 e. The van der Waals surface area contributed by atoms with E-state index in [-0.39, 0.29) is 11.8 Å². The van der Waals surface area contributed by atoms with Crippen molar-refractivity contribution in [1.29, 1.82) is 0 Å². The maximum Gasteiger partial charge on any atom is 0.177 e. The maximum absolute atomic E-state index is 12.9. The van der Waals surface area contributed by atoms with Crippen LogP contribution in [0.3, 0.4) is 0 Å². The fourth-order valence-electron chi connectivity index (χ4n) is 6.76. The molecule has 2 fully saturated rings. The van der Waals surface area contributed by atoms with Crippen LogP contribution in [0.5, 0.6) is 11.5 Å². The molecule has 0 bridgehead atoms. The lowest BCUT2D eigenvalue weighted by atomic mass is 9.70. The van der Waals surface area contributed by atoms with Gasteiger partial charge in [0.2, 0.25) is 0 Å². The van der Waals surface area contributed by atoms with Crippen molar-refractivity contribution in [1.82, 2.24) is 14.8 Å². The lowest BCUT2D eigenvalue weighted by molar-refractivity contribution is -0.152. The Bertz CT molecular complexity index is 1270. The van der Waals surface area contributed by atoms with Crippen molar-refractivity contribution in [3.05, 3.63) is 88.2 Å². The molecular weight excluding hydrogens is 534 g/mol. The van der Waals surface area contributed by atoms with Gasteiger partial charge in [0.1, 0.15) is 11.5 Å². The van der Waals surface area contributed by atoms with E-state index >= 15 is 0 Å². The molecule has 5 atom stereocenters. The molecule has 2 aromatic carbocycles. The summed E-state index contributed by atoms with van der Waals surface area (Å²) in [6.07, 6.45) is 2.08. The van der Waals surface area contributed by atoms with Gasteiger partial charge in [0.25, 0.3) is 0 Å². The van der Waals surface area contributed by atoms with Gasteiger partial charge >= 0.3 is 0 Å². The fraction of sp³-hybridized carbons (Fsp3) is 0.414.